The molecule has 1 aliphatic heterocycles. The van der Waals surface area contributed by atoms with Crippen molar-refractivity contribution in [2.45, 2.75) is 32.6 Å². The van der Waals surface area contributed by atoms with E-state index in [2.05, 4.69) is 15.3 Å². The minimum Gasteiger partial charge on any atom is -0.352 e. The van der Waals surface area contributed by atoms with E-state index in [1.165, 1.54) is 31.4 Å². The number of aromatic nitrogens is 3. The van der Waals surface area contributed by atoms with Crippen molar-refractivity contribution in [3.8, 4) is 11.5 Å². The zero-order valence-electron chi connectivity index (χ0n) is 17.4. The van der Waals surface area contributed by atoms with Crippen LogP contribution in [0.4, 0.5) is 4.39 Å². The Morgan fingerprint density at radius 1 is 1.10 bits per heavy atom. The van der Waals surface area contributed by atoms with Gasteiger partial charge in [0.2, 0.25) is 0 Å². The van der Waals surface area contributed by atoms with Gasteiger partial charge >= 0.3 is 0 Å². The van der Waals surface area contributed by atoms with Crippen molar-refractivity contribution in [2.75, 3.05) is 26.2 Å². The number of piperidine rings is 1. The summed E-state index contributed by atoms with van der Waals surface area (Å²) in [4.78, 5) is 15.6. The molecule has 3 aromatic rings. The summed E-state index contributed by atoms with van der Waals surface area (Å²) in [6.45, 7) is 5.79. The van der Waals surface area contributed by atoms with E-state index in [0.29, 0.717) is 29.3 Å². The first-order valence-corrected chi connectivity index (χ1v) is 10.6. The number of nitrogens with one attached hydrogen (secondary N) is 1. The Bertz CT molecular complexity index is 972. The van der Waals surface area contributed by atoms with E-state index >= 15 is 0 Å². The van der Waals surface area contributed by atoms with E-state index in [-0.39, 0.29) is 11.7 Å². The molecule has 3 heterocycles. The number of rotatable bonds is 7. The molecule has 6 nitrogen and oxygen atoms in total. The van der Waals surface area contributed by atoms with E-state index in [9.17, 15) is 9.18 Å². The van der Waals surface area contributed by atoms with Crippen LogP contribution in [0.5, 0.6) is 0 Å². The van der Waals surface area contributed by atoms with Crippen LogP contribution in [0.2, 0.25) is 0 Å². The summed E-state index contributed by atoms with van der Waals surface area (Å²) >= 11 is 0. The SMILES string of the molecule is Cc1nn(-c2ccc(F)cc2)c(-n2cccc2)c1C(=O)NCCCN1CCCCC1. The maximum atomic E-state index is 13.4. The Morgan fingerprint density at radius 3 is 2.50 bits per heavy atom. The maximum absolute atomic E-state index is 13.4. The van der Waals surface area contributed by atoms with Crippen molar-refractivity contribution in [3.63, 3.8) is 0 Å². The molecule has 1 saturated heterocycles. The fourth-order valence-corrected chi connectivity index (χ4v) is 4.03. The number of hydrogen-bond donors (Lipinski definition) is 1. The van der Waals surface area contributed by atoms with Crippen molar-refractivity contribution >= 4 is 5.91 Å². The van der Waals surface area contributed by atoms with Gasteiger partial charge in [0, 0.05) is 18.9 Å². The third kappa shape index (κ3) is 4.46. The average Bonchev–Trinajstić information content (AvgIpc) is 3.40. The van der Waals surface area contributed by atoms with Gasteiger partial charge in [0.05, 0.1) is 11.4 Å². The molecule has 158 valence electrons. The number of nitrogens with zero attached hydrogens (tertiary/aromatic N) is 4. The van der Waals surface area contributed by atoms with Crippen LogP contribution >= 0.6 is 0 Å². The monoisotopic (exact) mass is 409 g/mol. The first kappa shape index (κ1) is 20.3. The molecule has 7 heteroatoms. The fraction of sp³-hybridized carbons (Fsp3) is 0.391. The summed E-state index contributed by atoms with van der Waals surface area (Å²) in [6, 6.07) is 9.91. The van der Waals surface area contributed by atoms with Gasteiger partial charge in [-0.05, 0) is 82.2 Å². The van der Waals surface area contributed by atoms with E-state index in [0.717, 1.165) is 26.1 Å². The minimum atomic E-state index is -0.309. The van der Waals surface area contributed by atoms with Gasteiger partial charge in [0.1, 0.15) is 11.4 Å². The van der Waals surface area contributed by atoms with Crippen molar-refractivity contribution in [2.24, 2.45) is 0 Å². The molecule has 4 rings (SSSR count). The third-order valence-electron chi connectivity index (χ3n) is 5.57. The lowest BCUT2D eigenvalue weighted by molar-refractivity contribution is 0.0950. The van der Waals surface area contributed by atoms with Crippen LogP contribution in [0.3, 0.4) is 0 Å². The van der Waals surface area contributed by atoms with Crippen LogP contribution in [0, 0.1) is 12.7 Å². The summed E-state index contributed by atoms with van der Waals surface area (Å²) in [5, 5.41) is 7.66. The molecule has 1 aromatic carbocycles. The molecule has 0 spiro atoms. The van der Waals surface area contributed by atoms with Gasteiger partial charge in [-0.3, -0.25) is 4.79 Å². The second-order valence-electron chi connectivity index (χ2n) is 7.77. The van der Waals surface area contributed by atoms with E-state index < -0.39 is 0 Å². The van der Waals surface area contributed by atoms with Gasteiger partial charge in [-0.2, -0.15) is 5.10 Å². The summed E-state index contributed by atoms with van der Waals surface area (Å²) in [5.41, 5.74) is 1.87. The molecule has 2 aromatic heterocycles. The van der Waals surface area contributed by atoms with E-state index in [1.807, 2.05) is 36.0 Å². The van der Waals surface area contributed by atoms with Gasteiger partial charge in [-0.1, -0.05) is 6.42 Å². The zero-order valence-corrected chi connectivity index (χ0v) is 17.4. The molecular formula is C23H28FN5O. The van der Waals surface area contributed by atoms with Crippen LogP contribution in [0.15, 0.2) is 48.8 Å². The second kappa shape index (κ2) is 9.26. The quantitative estimate of drug-likeness (QED) is 0.605. The summed E-state index contributed by atoms with van der Waals surface area (Å²) in [7, 11) is 0. The first-order chi connectivity index (χ1) is 14.6. The Morgan fingerprint density at radius 2 is 1.80 bits per heavy atom. The number of carbonyl (C=O) groups is 1. The molecular weight excluding hydrogens is 381 g/mol. The fourth-order valence-electron chi connectivity index (χ4n) is 4.03. The number of amides is 1. The van der Waals surface area contributed by atoms with Crippen LogP contribution in [0.1, 0.15) is 41.7 Å². The predicted molar refractivity (Wildman–Crippen MR) is 115 cm³/mol. The highest BCUT2D eigenvalue weighted by Gasteiger charge is 2.23. The molecule has 0 unspecified atom stereocenters. The van der Waals surface area contributed by atoms with Crippen molar-refractivity contribution < 1.29 is 9.18 Å². The summed E-state index contributed by atoms with van der Waals surface area (Å²) in [6.07, 6.45) is 8.55. The smallest absolute Gasteiger partial charge is 0.256 e. The molecule has 1 aliphatic rings. The number of aryl methyl sites for hydroxylation is 1. The van der Waals surface area contributed by atoms with Crippen molar-refractivity contribution in [1.82, 2.24) is 24.6 Å². The highest BCUT2D eigenvalue weighted by atomic mass is 19.1. The predicted octanol–water partition coefficient (Wildman–Crippen LogP) is 3.72. The molecule has 1 fully saturated rings. The summed E-state index contributed by atoms with van der Waals surface area (Å²) < 4.78 is 17.0. The minimum absolute atomic E-state index is 0.136. The summed E-state index contributed by atoms with van der Waals surface area (Å²) in [5.74, 6) is 0.206. The first-order valence-electron chi connectivity index (χ1n) is 10.6. The highest BCUT2D eigenvalue weighted by molar-refractivity contribution is 5.98. The number of hydrogen-bond acceptors (Lipinski definition) is 3. The Hall–Kier alpha value is -2.93. The van der Waals surface area contributed by atoms with Crippen LogP contribution in [-0.2, 0) is 0 Å². The molecule has 0 bridgehead atoms. The lowest BCUT2D eigenvalue weighted by Gasteiger charge is -2.26. The third-order valence-corrected chi connectivity index (χ3v) is 5.57. The average molecular weight is 410 g/mol. The van der Waals surface area contributed by atoms with Crippen LogP contribution in [-0.4, -0.2) is 51.3 Å². The molecule has 0 saturated carbocycles. The van der Waals surface area contributed by atoms with Crippen LogP contribution < -0.4 is 5.32 Å². The number of likely N-dealkylation sites (tertiary alicyclic amines) is 1. The van der Waals surface area contributed by atoms with Crippen molar-refractivity contribution in [3.05, 3.63) is 65.9 Å². The van der Waals surface area contributed by atoms with Crippen LogP contribution in [0.25, 0.3) is 11.5 Å². The molecule has 0 aliphatic carbocycles. The number of benzene rings is 1. The van der Waals surface area contributed by atoms with Gasteiger partial charge in [0.25, 0.3) is 5.91 Å². The largest absolute Gasteiger partial charge is 0.352 e. The lowest BCUT2D eigenvalue weighted by atomic mass is 10.1. The van der Waals surface area contributed by atoms with Gasteiger partial charge in [0.15, 0.2) is 5.82 Å². The molecule has 30 heavy (non-hydrogen) atoms. The molecule has 0 atom stereocenters. The lowest BCUT2D eigenvalue weighted by Crippen LogP contribution is -2.33. The Labute approximate surface area is 176 Å². The topological polar surface area (TPSA) is 55.1 Å². The zero-order chi connectivity index (χ0) is 20.9. The molecule has 0 radical (unpaired) electrons. The van der Waals surface area contributed by atoms with E-state index in [4.69, 9.17) is 0 Å². The van der Waals surface area contributed by atoms with Gasteiger partial charge in [-0.25, -0.2) is 9.07 Å². The molecule has 1 amide bonds. The van der Waals surface area contributed by atoms with Gasteiger partial charge < -0.3 is 14.8 Å². The Balaban J connectivity index is 1.53. The normalized spacial score (nSPS) is 14.7. The number of halogens is 1. The van der Waals surface area contributed by atoms with E-state index in [1.54, 1.807) is 16.8 Å². The molecule has 1 N–H and O–H groups in total. The number of carbonyl (C=O) groups excluding carboxylic acids is 1. The second-order valence-corrected chi connectivity index (χ2v) is 7.77. The maximum Gasteiger partial charge on any atom is 0.256 e. The van der Waals surface area contributed by atoms with Gasteiger partial charge in [-0.15, -0.1) is 0 Å². The highest BCUT2D eigenvalue weighted by Crippen LogP contribution is 2.23. The standard InChI is InChI=1S/C23H28FN5O/c1-18-21(22(30)25-12-7-15-27-13-3-2-4-14-27)23(28-16-5-6-17-28)29(26-18)20-10-8-19(24)9-11-20/h5-6,8-11,16-17H,2-4,7,12-15H2,1H3,(H,25,30). The van der Waals surface area contributed by atoms with Crippen molar-refractivity contribution in [1.29, 1.82) is 0 Å². The Kier molecular flexibility index (Phi) is 6.28.